The molecule has 2 fully saturated rings. The van der Waals surface area contributed by atoms with Crippen LogP contribution in [-0.4, -0.2) is 69.8 Å². The monoisotopic (exact) mass is 512 g/mol. The van der Waals surface area contributed by atoms with E-state index in [2.05, 4.69) is 9.88 Å². The largest absolute Gasteiger partial charge is 0.416 e. The van der Waals surface area contributed by atoms with Gasteiger partial charge in [0.2, 0.25) is 0 Å². The molecular weight excluding hydrogens is 489 g/mol. The third kappa shape index (κ3) is 3.88. The number of halogens is 3. The Hall–Kier alpha value is -3.24. The normalized spacial score (nSPS) is 18.8. The number of likely N-dealkylation sites (tertiary alicyclic amines) is 2. The maximum absolute atomic E-state index is 13.1. The van der Waals surface area contributed by atoms with E-state index in [0.717, 1.165) is 41.2 Å². The lowest BCUT2D eigenvalue weighted by molar-refractivity contribution is -0.137. The molecule has 4 heterocycles. The quantitative estimate of drug-likeness (QED) is 0.523. The van der Waals surface area contributed by atoms with Gasteiger partial charge in [0.25, 0.3) is 11.8 Å². The van der Waals surface area contributed by atoms with Crippen LogP contribution in [0.1, 0.15) is 36.9 Å². The second kappa shape index (κ2) is 8.41. The fraction of sp³-hybridized carbons (Fsp3) is 0.346. The average molecular weight is 513 g/mol. The van der Waals surface area contributed by atoms with Gasteiger partial charge in [0.05, 0.1) is 28.5 Å². The van der Waals surface area contributed by atoms with Crippen molar-refractivity contribution in [3.63, 3.8) is 0 Å². The molecule has 186 valence electrons. The molecule has 0 N–H and O–H groups in total. The van der Waals surface area contributed by atoms with Crippen molar-refractivity contribution in [2.45, 2.75) is 31.7 Å². The summed E-state index contributed by atoms with van der Waals surface area (Å²) in [5.41, 5.74) is 4.47. The highest BCUT2D eigenvalue weighted by Gasteiger charge is 2.45. The number of rotatable bonds is 4. The zero-order chi connectivity index (χ0) is 25.2. The summed E-state index contributed by atoms with van der Waals surface area (Å²) in [6.45, 7) is 5.42. The summed E-state index contributed by atoms with van der Waals surface area (Å²) in [4.78, 5) is 36.8. The lowest BCUT2D eigenvalue weighted by atomic mass is 9.95. The zero-order valence-electron chi connectivity index (χ0n) is 19.5. The summed E-state index contributed by atoms with van der Waals surface area (Å²) in [5, 5.41) is 0. The molecule has 3 aromatic rings. The van der Waals surface area contributed by atoms with Crippen LogP contribution in [0.15, 0.2) is 48.0 Å². The molecule has 3 aliphatic rings. The lowest BCUT2D eigenvalue weighted by Crippen LogP contribution is -2.70. The van der Waals surface area contributed by atoms with E-state index in [4.69, 9.17) is 0 Å². The number of alkyl halides is 3. The molecule has 0 unspecified atom stereocenters. The summed E-state index contributed by atoms with van der Waals surface area (Å²) in [6.07, 6.45) is -4.37. The summed E-state index contributed by atoms with van der Waals surface area (Å²) in [6, 6.07) is 10.9. The Kier molecular flexibility index (Phi) is 5.42. The minimum atomic E-state index is -4.37. The first-order valence-corrected chi connectivity index (χ1v) is 12.6. The zero-order valence-corrected chi connectivity index (χ0v) is 20.3. The van der Waals surface area contributed by atoms with E-state index in [1.807, 2.05) is 22.8 Å². The number of nitrogens with zero attached hydrogens (tertiary/aromatic N) is 4. The van der Waals surface area contributed by atoms with Crippen LogP contribution < -0.4 is 0 Å². The Labute approximate surface area is 210 Å². The molecule has 3 aliphatic heterocycles. The van der Waals surface area contributed by atoms with Gasteiger partial charge in [-0.2, -0.15) is 13.2 Å². The van der Waals surface area contributed by atoms with Gasteiger partial charge in [-0.25, -0.2) is 4.98 Å². The molecule has 10 heteroatoms. The fourth-order valence-electron chi connectivity index (χ4n) is 5.16. The van der Waals surface area contributed by atoms with Gasteiger partial charge in [-0.05, 0) is 41.8 Å². The van der Waals surface area contributed by atoms with Crippen molar-refractivity contribution < 1.29 is 22.8 Å². The van der Waals surface area contributed by atoms with Crippen molar-refractivity contribution in [2.75, 3.05) is 26.2 Å². The number of carbonyl (C=O) groups excluding carboxylic acids is 2. The number of carbonyl (C=O) groups is 2. The lowest BCUT2D eigenvalue weighted by Gasteiger charge is -2.53. The molecule has 0 atom stereocenters. The van der Waals surface area contributed by atoms with E-state index in [1.165, 1.54) is 23.5 Å². The molecular formula is C26H23F3N4O2S. The Morgan fingerprint density at radius 2 is 1.69 bits per heavy atom. The SMILES string of the molecule is Cc1cc(-c2ccc(C(F)(F)F)cc2)ccc1C(=O)N1CC(N2CC(N3Cc4scnc4C3=O)C2)C1. The number of hydrogen-bond donors (Lipinski definition) is 0. The van der Waals surface area contributed by atoms with Gasteiger partial charge in [0.15, 0.2) is 0 Å². The van der Waals surface area contributed by atoms with E-state index in [0.29, 0.717) is 42.5 Å². The van der Waals surface area contributed by atoms with Crippen LogP contribution in [0.25, 0.3) is 11.1 Å². The number of fused-ring (bicyclic) bond motifs is 1. The van der Waals surface area contributed by atoms with E-state index in [9.17, 15) is 22.8 Å². The average Bonchev–Trinajstić information content (AvgIpc) is 3.36. The first-order chi connectivity index (χ1) is 17.2. The van der Waals surface area contributed by atoms with Gasteiger partial charge in [-0.3, -0.25) is 14.5 Å². The van der Waals surface area contributed by atoms with Crippen molar-refractivity contribution in [2.24, 2.45) is 0 Å². The van der Waals surface area contributed by atoms with Crippen molar-refractivity contribution >= 4 is 23.2 Å². The third-order valence-electron chi connectivity index (χ3n) is 7.42. The number of aryl methyl sites for hydroxylation is 1. The van der Waals surface area contributed by atoms with Crippen molar-refractivity contribution in [3.05, 3.63) is 75.2 Å². The van der Waals surface area contributed by atoms with Crippen LogP contribution in [0.4, 0.5) is 13.2 Å². The molecule has 0 saturated carbocycles. The summed E-state index contributed by atoms with van der Waals surface area (Å²) in [7, 11) is 0. The van der Waals surface area contributed by atoms with Crippen LogP contribution >= 0.6 is 11.3 Å². The molecule has 1 aromatic heterocycles. The van der Waals surface area contributed by atoms with Crippen molar-refractivity contribution in [1.29, 1.82) is 0 Å². The Morgan fingerprint density at radius 3 is 2.33 bits per heavy atom. The van der Waals surface area contributed by atoms with Gasteiger partial charge in [0, 0.05) is 37.8 Å². The first-order valence-electron chi connectivity index (χ1n) is 11.7. The second-order valence-electron chi connectivity index (χ2n) is 9.63. The molecule has 6 nitrogen and oxygen atoms in total. The Balaban J connectivity index is 1.03. The molecule has 2 saturated heterocycles. The molecule has 36 heavy (non-hydrogen) atoms. The standard InChI is InChI=1S/C26H23F3N4O2S/c1-15-8-17(16-2-5-18(6-3-16)26(27,28)29)4-7-21(15)24(34)32-9-19(10-32)31-11-20(12-31)33-13-22-23(25(33)35)30-14-36-22/h2-8,14,19-20H,9-13H2,1H3. The van der Waals surface area contributed by atoms with E-state index < -0.39 is 11.7 Å². The van der Waals surface area contributed by atoms with Gasteiger partial charge in [0.1, 0.15) is 5.69 Å². The van der Waals surface area contributed by atoms with Crippen LogP contribution in [0.5, 0.6) is 0 Å². The van der Waals surface area contributed by atoms with Crippen LogP contribution in [0, 0.1) is 6.92 Å². The number of hydrogen-bond acceptors (Lipinski definition) is 5. The fourth-order valence-corrected chi connectivity index (χ4v) is 5.91. The van der Waals surface area contributed by atoms with Crippen LogP contribution in [0.3, 0.4) is 0 Å². The first kappa shape index (κ1) is 23.2. The predicted molar refractivity (Wildman–Crippen MR) is 129 cm³/mol. The minimum Gasteiger partial charge on any atom is -0.335 e. The number of aromatic nitrogens is 1. The van der Waals surface area contributed by atoms with Gasteiger partial charge >= 0.3 is 6.18 Å². The van der Waals surface area contributed by atoms with Gasteiger partial charge in [-0.1, -0.05) is 24.3 Å². The maximum atomic E-state index is 13.1. The van der Waals surface area contributed by atoms with Gasteiger partial charge in [-0.15, -0.1) is 11.3 Å². The smallest absolute Gasteiger partial charge is 0.335 e. The highest BCUT2D eigenvalue weighted by atomic mass is 32.1. The topological polar surface area (TPSA) is 56.8 Å². The minimum absolute atomic E-state index is 0.0246. The van der Waals surface area contributed by atoms with E-state index in [-0.39, 0.29) is 17.9 Å². The molecule has 2 amide bonds. The van der Waals surface area contributed by atoms with Crippen molar-refractivity contribution in [1.82, 2.24) is 19.7 Å². The van der Waals surface area contributed by atoms with Gasteiger partial charge < -0.3 is 9.80 Å². The molecule has 0 spiro atoms. The highest BCUT2D eigenvalue weighted by Crippen LogP contribution is 2.33. The van der Waals surface area contributed by atoms with Crippen molar-refractivity contribution in [3.8, 4) is 11.1 Å². The molecule has 2 aromatic carbocycles. The number of benzene rings is 2. The highest BCUT2D eigenvalue weighted by molar-refractivity contribution is 7.10. The molecule has 0 aliphatic carbocycles. The summed E-state index contributed by atoms with van der Waals surface area (Å²) >= 11 is 1.53. The second-order valence-corrected chi connectivity index (χ2v) is 10.6. The number of thiazole rings is 1. The van der Waals surface area contributed by atoms with Crippen LogP contribution in [-0.2, 0) is 12.7 Å². The Morgan fingerprint density at radius 1 is 1.00 bits per heavy atom. The van der Waals surface area contributed by atoms with Crippen LogP contribution in [0.2, 0.25) is 0 Å². The molecule has 6 rings (SSSR count). The summed E-state index contributed by atoms with van der Waals surface area (Å²) < 4.78 is 38.5. The van der Waals surface area contributed by atoms with E-state index >= 15 is 0 Å². The molecule has 0 bridgehead atoms. The third-order valence-corrected chi connectivity index (χ3v) is 8.24. The predicted octanol–water partition coefficient (Wildman–Crippen LogP) is 4.30. The maximum Gasteiger partial charge on any atom is 0.416 e. The number of amides is 2. The van der Waals surface area contributed by atoms with E-state index in [1.54, 1.807) is 17.6 Å². The molecule has 0 radical (unpaired) electrons. The summed E-state index contributed by atoms with van der Waals surface area (Å²) in [5.74, 6) is -0.0124. The Bertz CT molecular complexity index is 1340.